The maximum Gasteiger partial charge on any atom is 0.260 e. The normalized spacial score (nSPS) is 24.1. The zero-order valence-electron chi connectivity index (χ0n) is 13.1. The fraction of sp³-hybridized carbons (Fsp3) is 0.588. The molecule has 2 saturated heterocycles. The highest BCUT2D eigenvalue weighted by Gasteiger charge is 2.31. The van der Waals surface area contributed by atoms with Crippen molar-refractivity contribution in [3.05, 3.63) is 29.8 Å². The van der Waals surface area contributed by atoms with E-state index in [2.05, 4.69) is 5.32 Å². The number of nitrogens with one attached hydrogen (secondary N) is 1. The van der Waals surface area contributed by atoms with Crippen LogP contribution in [0, 0.1) is 18.8 Å². The number of nitrogens with zero attached hydrogens (tertiary/aromatic N) is 1. The van der Waals surface area contributed by atoms with E-state index in [1.54, 1.807) is 0 Å². The summed E-state index contributed by atoms with van der Waals surface area (Å²) in [5.41, 5.74) is 1.20. The fourth-order valence-corrected chi connectivity index (χ4v) is 3.34. The van der Waals surface area contributed by atoms with E-state index in [0.717, 1.165) is 56.6 Å². The Labute approximate surface area is 138 Å². The first-order chi connectivity index (χ1) is 10.2. The van der Waals surface area contributed by atoms with Gasteiger partial charge in [0.2, 0.25) is 0 Å². The first-order valence-corrected chi connectivity index (χ1v) is 7.90. The van der Waals surface area contributed by atoms with Crippen LogP contribution in [0.1, 0.15) is 18.4 Å². The molecule has 0 radical (unpaired) electrons. The van der Waals surface area contributed by atoms with Crippen molar-refractivity contribution in [3.8, 4) is 5.75 Å². The van der Waals surface area contributed by atoms with Crippen LogP contribution in [0.3, 0.4) is 0 Å². The third-order valence-electron chi connectivity index (χ3n) is 4.76. The predicted molar refractivity (Wildman–Crippen MR) is 89.6 cm³/mol. The van der Waals surface area contributed by atoms with E-state index in [1.807, 2.05) is 36.1 Å². The summed E-state index contributed by atoms with van der Waals surface area (Å²) >= 11 is 0. The molecule has 1 aromatic rings. The molecule has 1 amide bonds. The molecule has 1 N–H and O–H groups in total. The van der Waals surface area contributed by atoms with Crippen LogP contribution in [0.2, 0.25) is 0 Å². The van der Waals surface area contributed by atoms with Gasteiger partial charge in [-0.25, -0.2) is 0 Å². The van der Waals surface area contributed by atoms with Gasteiger partial charge in [0.25, 0.3) is 5.91 Å². The summed E-state index contributed by atoms with van der Waals surface area (Å²) in [7, 11) is 0. The van der Waals surface area contributed by atoms with Gasteiger partial charge < -0.3 is 15.0 Å². The van der Waals surface area contributed by atoms with Crippen LogP contribution < -0.4 is 10.1 Å². The number of carbonyl (C=O) groups excluding carboxylic acids is 1. The number of amides is 1. The quantitative estimate of drug-likeness (QED) is 0.927. The zero-order chi connectivity index (χ0) is 14.7. The smallest absolute Gasteiger partial charge is 0.260 e. The van der Waals surface area contributed by atoms with Crippen molar-refractivity contribution >= 4 is 18.3 Å². The van der Waals surface area contributed by atoms with Gasteiger partial charge in [0, 0.05) is 13.1 Å². The number of benzene rings is 1. The lowest BCUT2D eigenvalue weighted by molar-refractivity contribution is -0.133. The van der Waals surface area contributed by atoms with Crippen molar-refractivity contribution in [2.45, 2.75) is 19.8 Å². The van der Waals surface area contributed by atoms with E-state index in [-0.39, 0.29) is 24.9 Å². The van der Waals surface area contributed by atoms with Gasteiger partial charge in [0.15, 0.2) is 6.61 Å². The topological polar surface area (TPSA) is 41.6 Å². The molecule has 2 atom stereocenters. The first kappa shape index (κ1) is 17.1. The van der Waals surface area contributed by atoms with Crippen molar-refractivity contribution in [2.75, 3.05) is 32.8 Å². The molecule has 4 nitrogen and oxygen atoms in total. The van der Waals surface area contributed by atoms with Gasteiger partial charge in [-0.3, -0.25) is 4.79 Å². The highest BCUT2D eigenvalue weighted by molar-refractivity contribution is 5.85. The highest BCUT2D eigenvalue weighted by Crippen LogP contribution is 2.27. The van der Waals surface area contributed by atoms with Gasteiger partial charge in [0.05, 0.1) is 0 Å². The predicted octanol–water partition coefficient (Wildman–Crippen LogP) is 2.25. The summed E-state index contributed by atoms with van der Waals surface area (Å²) in [4.78, 5) is 14.3. The second kappa shape index (κ2) is 7.84. The van der Waals surface area contributed by atoms with E-state index in [0.29, 0.717) is 0 Å². The third-order valence-corrected chi connectivity index (χ3v) is 4.76. The maximum atomic E-state index is 12.3. The molecule has 2 aliphatic heterocycles. The number of likely N-dealkylation sites (tertiary alicyclic amines) is 1. The molecule has 3 rings (SSSR count). The fourth-order valence-electron chi connectivity index (χ4n) is 3.34. The van der Waals surface area contributed by atoms with Gasteiger partial charge in [-0.15, -0.1) is 12.4 Å². The minimum Gasteiger partial charge on any atom is -0.484 e. The molecular formula is C17H25ClN2O2. The summed E-state index contributed by atoms with van der Waals surface area (Å²) < 4.78 is 5.61. The maximum absolute atomic E-state index is 12.3. The van der Waals surface area contributed by atoms with Crippen LogP contribution in [0.25, 0.3) is 0 Å². The average Bonchev–Trinajstić information content (AvgIpc) is 2.85. The molecule has 0 bridgehead atoms. The van der Waals surface area contributed by atoms with Crippen LogP contribution in [0.15, 0.2) is 24.3 Å². The van der Waals surface area contributed by atoms with E-state index in [1.165, 1.54) is 5.56 Å². The minimum atomic E-state index is 0. The Bertz CT molecular complexity index is 478. The minimum absolute atomic E-state index is 0. The Kier molecular flexibility index (Phi) is 6.09. The summed E-state index contributed by atoms with van der Waals surface area (Å²) in [6, 6.07) is 7.84. The number of hydrogen-bond donors (Lipinski definition) is 1. The number of aryl methyl sites for hydroxylation is 1. The Morgan fingerprint density at radius 1 is 1.18 bits per heavy atom. The SMILES string of the molecule is Cc1ccc(OCC(=O)N2CC[C@@H]3CNC[C@@H]3CC2)cc1.Cl. The molecule has 0 unspecified atom stereocenters. The molecule has 2 fully saturated rings. The molecule has 5 heteroatoms. The summed E-state index contributed by atoms with van der Waals surface area (Å²) in [5, 5.41) is 3.46. The molecule has 122 valence electrons. The van der Waals surface area contributed by atoms with E-state index < -0.39 is 0 Å². The molecule has 0 spiro atoms. The lowest BCUT2D eigenvalue weighted by atomic mass is 9.92. The van der Waals surface area contributed by atoms with Gasteiger partial charge >= 0.3 is 0 Å². The van der Waals surface area contributed by atoms with Crippen molar-refractivity contribution in [1.82, 2.24) is 10.2 Å². The lowest BCUT2D eigenvalue weighted by Crippen LogP contribution is -2.36. The average molecular weight is 325 g/mol. The number of hydrogen-bond acceptors (Lipinski definition) is 3. The first-order valence-electron chi connectivity index (χ1n) is 7.90. The molecule has 1 aromatic carbocycles. The van der Waals surface area contributed by atoms with E-state index in [4.69, 9.17) is 4.74 Å². The number of ether oxygens (including phenoxy) is 1. The van der Waals surface area contributed by atoms with Gasteiger partial charge in [-0.2, -0.15) is 0 Å². The summed E-state index contributed by atoms with van der Waals surface area (Å²) in [6.07, 6.45) is 2.24. The molecule has 0 aliphatic carbocycles. The van der Waals surface area contributed by atoms with Crippen molar-refractivity contribution < 1.29 is 9.53 Å². The Morgan fingerprint density at radius 3 is 2.36 bits per heavy atom. The molecule has 0 aromatic heterocycles. The van der Waals surface area contributed by atoms with Crippen LogP contribution in [0.4, 0.5) is 0 Å². The van der Waals surface area contributed by atoms with Crippen molar-refractivity contribution in [2.24, 2.45) is 11.8 Å². The summed E-state index contributed by atoms with van der Waals surface area (Å²) in [6.45, 7) is 6.17. The van der Waals surface area contributed by atoms with E-state index >= 15 is 0 Å². The second-order valence-corrected chi connectivity index (χ2v) is 6.24. The second-order valence-electron chi connectivity index (χ2n) is 6.24. The summed E-state index contributed by atoms with van der Waals surface area (Å²) in [5.74, 6) is 2.38. The largest absolute Gasteiger partial charge is 0.484 e. The highest BCUT2D eigenvalue weighted by atomic mass is 35.5. The Hall–Kier alpha value is -1.26. The molecule has 2 aliphatic rings. The van der Waals surface area contributed by atoms with Crippen LogP contribution >= 0.6 is 12.4 Å². The van der Waals surface area contributed by atoms with Crippen LogP contribution in [-0.2, 0) is 4.79 Å². The third kappa shape index (κ3) is 4.14. The number of halogens is 1. The Morgan fingerprint density at radius 2 is 1.77 bits per heavy atom. The van der Waals surface area contributed by atoms with Crippen LogP contribution in [0.5, 0.6) is 5.75 Å². The molecule has 0 saturated carbocycles. The van der Waals surface area contributed by atoms with Gasteiger partial charge in [0.1, 0.15) is 5.75 Å². The monoisotopic (exact) mass is 324 g/mol. The number of fused-ring (bicyclic) bond motifs is 1. The van der Waals surface area contributed by atoms with Crippen molar-refractivity contribution in [1.29, 1.82) is 0 Å². The standard InChI is InChI=1S/C17H24N2O2.ClH/c1-13-2-4-16(5-3-13)21-12-17(20)19-8-6-14-10-18-11-15(14)7-9-19;/h2-5,14-15,18H,6-12H2,1H3;1H/t14-,15+;. The number of carbonyl (C=O) groups is 1. The van der Waals surface area contributed by atoms with Crippen molar-refractivity contribution in [3.63, 3.8) is 0 Å². The molecule has 2 heterocycles. The lowest BCUT2D eigenvalue weighted by Gasteiger charge is -2.21. The Balaban J connectivity index is 0.00000176. The zero-order valence-corrected chi connectivity index (χ0v) is 13.9. The van der Waals surface area contributed by atoms with Crippen LogP contribution in [-0.4, -0.2) is 43.6 Å². The van der Waals surface area contributed by atoms with E-state index in [9.17, 15) is 4.79 Å². The van der Waals surface area contributed by atoms with Gasteiger partial charge in [-0.05, 0) is 56.8 Å². The van der Waals surface area contributed by atoms with Gasteiger partial charge in [-0.1, -0.05) is 17.7 Å². The number of rotatable bonds is 3. The molecular weight excluding hydrogens is 300 g/mol. The molecule has 22 heavy (non-hydrogen) atoms.